The van der Waals surface area contributed by atoms with Gasteiger partial charge in [0.05, 0.1) is 13.2 Å². The summed E-state index contributed by atoms with van der Waals surface area (Å²) < 4.78 is 15.4. The lowest BCUT2D eigenvalue weighted by atomic mass is 10.3. The van der Waals surface area contributed by atoms with E-state index in [2.05, 4.69) is 20.5 Å². The Morgan fingerprint density at radius 2 is 2.14 bits per heavy atom. The number of rotatable bonds is 6. The zero-order chi connectivity index (χ0) is 15.4. The van der Waals surface area contributed by atoms with E-state index >= 15 is 0 Å². The fourth-order valence-corrected chi connectivity index (χ4v) is 2.04. The number of aromatic amines is 1. The van der Waals surface area contributed by atoms with Crippen molar-refractivity contribution in [2.75, 3.05) is 18.7 Å². The molecule has 0 saturated carbocycles. The van der Waals surface area contributed by atoms with Crippen LogP contribution in [0.4, 0.5) is 5.69 Å². The molecule has 0 fully saturated rings. The van der Waals surface area contributed by atoms with Crippen LogP contribution in [0.3, 0.4) is 0 Å². The minimum absolute atomic E-state index is 0.0882. The maximum atomic E-state index is 11.4. The quantitative estimate of drug-likeness (QED) is 0.775. The van der Waals surface area contributed by atoms with Crippen LogP contribution in [0.25, 0.3) is 0 Å². The summed E-state index contributed by atoms with van der Waals surface area (Å²) in [5.41, 5.74) is 0.882. The lowest BCUT2D eigenvalue weighted by Crippen LogP contribution is -2.08. The van der Waals surface area contributed by atoms with Gasteiger partial charge in [0.25, 0.3) is 0 Å². The maximum absolute atomic E-state index is 11.4. The van der Waals surface area contributed by atoms with Crippen LogP contribution in [0.5, 0.6) is 11.5 Å². The first-order chi connectivity index (χ1) is 10.7. The molecule has 1 aliphatic rings. The van der Waals surface area contributed by atoms with E-state index in [9.17, 15) is 4.79 Å². The van der Waals surface area contributed by atoms with Crippen LogP contribution >= 0.6 is 0 Å². The molecule has 0 spiro atoms. The van der Waals surface area contributed by atoms with Gasteiger partial charge in [0, 0.05) is 11.8 Å². The standard InChI is InChI=1S/C14H16N4O4/c1-2-20-14(19)6-12-16-13(18-17-12)7-15-9-3-4-10-11(5-9)22-8-21-10/h3-5,15H,2,6-8H2,1H3,(H,16,17,18). The molecule has 0 bridgehead atoms. The summed E-state index contributed by atoms with van der Waals surface area (Å²) >= 11 is 0. The second-order valence-corrected chi connectivity index (χ2v) is 4.62. The second kappa shape index (κ2) is 6.33. The van der Waals surface area contributed by atoms with E-state index in [1.165, 1.54) is 0 Å². The van der Waals surface area contributed by atoms with Gasteiger partial charge in [-0.1, -0.05) is 0 Å². The van der Waals surface area contributed by atoms with E-state index < -0.39 is 0 Å². The average Bonchev–Trinajstić information content (AvgIpc) is 3.13. The molecule has 0 aliphatic carbocycles. The number of carbonyl (C=O) groups excluding carboxylic acids is 1. The maximum Gasteiger partial charge on any atom is 0.313 e. The molecule has 22 heavy (non-hydrogen) atoms. The van der Waals surface area contributed by atoms with Crippen molar-refractivity contribution in [3.8, 4) is 11.5 Å². The molecule has 8 nitrogen and oxygen atoms in total. The lowest BCUT2D eigenvalue weighted by Gasteiger charge is -2.05. The third-order valence-electron chi connectivity index (χ3n) is 3.03. The monoisotopic (exact) mass is 304 g/mol. The molecule has 1 aromatic heterocycles. The minimum Gasteiger partial charge on any atom is -0.466 e. The summed E-state index contributed by atoms with van der Waals surface area (Å²) in [6.45, 7) is 2.82. The van der Waals surface area contributed by atoms with Gasteiger partial charge in [0.15, 0.2) is 11.5 Å². The number of ether oxygens (including phenoxy) is 3. The van der Waals surface area contributed by atoms with Gasteiger partial charge in [-0.25, -0.2) is 0 Å². The number of fused-ring (bicyclic) bond motifs is 1. The number of benzene rings is 1. The van der Waals surface area contributed by atoms with Crippen LogP contribution in [0.1, 0.15) is 18.6 Å². The average molecular weight is 304 g/mol. The van der Waals surface area contributed by atoms with Crippen LogP contribution in [0, 0.1) is 0 Å². The van der Waals surface area contributed by atoms with Crippen molar-refractivity contribution in [2.45, 2.75) is 19.9 Å². The van der Waals surface area contributed by atoms with Crippen molar-refractivity contribution in [3.05, 3.63) is 29.8 Å². The van der Waals surface area contributed by atoms with Gasteiger partial charge in [-0.3, -0.25) is 4.79 Å². The smallest absolute Gasteiger partial charge is 0.313 e. The Labute approximate surface area is 126 Å². The van der Waals surface area contributed by atoms with Crippen LogP contribution in [0.15, 0.2) is 18.2 Å². The van der Waals surface area contributed by atoms with E-state index in [4.69, 9.17) is 14.2 Å². The van der Waals surface area contributed by atoms with Gasteiger partial charge < -0.3 is 24.5 Å². The molecule has 0 unspecified atom stereocenters. The number of hydrogen-bond acceptors (Lipinski definition) is 7. The van der Waals surface area contributed by atoms with Gasteiger partial charge in [0.2, 0.25) is 6.79 Å². The number of carbonyl (C=O) groups is 1. The van der Waals surface area contributed by atoms with Crippen LogP contribution in [-0.2, 0) is 22.5 Å². The first-order valence-electron chi connectivity index (χ1n) is 6.94. The molecule has 0 saturated heterocycles. The number of hydrogen-bond donors (Lipinski definition) is 2. The van der Waals surface area contributed by atoms with Gasteiger partial charge >= 0.3 is 5.97 Å². The van der Waals surface area contributed by atoms with Gasteiger partial charge in [-0.2, -0.15) is 0 Å². The Morgan fingerprint density at radius 3 is 3.00 bits per heavy atom. The van der Waals surface area contributed by atoms with E-state index in [1.54, 1.807) is 6.92 Å². The zero-order valence-electron chi connectivity index (χ0n) is 12.1. The Balaban J connectivity index is 1.55. The molecule has 2 aromatic rings. The van der Waals surface area contributed by atoms with Crippen molar-refractivity contribution in [2.24, 2.45) is 0 Å². The normalized spacial score (nSPS) is 12.2. The largest absolute Gasteiger partial charge is 0.466 e. The number of aromatic nitrogens is 3. The summed E-state index contributed by atoms with van der Waals surface area (Å²) in [4.78, 5) is 14.3. The molecule has 0 amide bonds. The fraction of sp³-hybridized carbons (Fsp3) is 0.357. The predicted molar refractivity (Wildman–Crippen MR) is 76.6 cm³/mol. The van der Waals surface area contributed by atoms with E-state index in [1.807, 2.05) is 18.2 Å². The zero-order valence-corrected chi connectivity index (χ0v) is 12.1. The van der Waals surface area contributed by atoms with Crippen LogP contribution in [0.2, 0.25) is 0 Å². The Bertz CT molecular complexity index is 671. The highest BCUT2D eigenvalue weighted by atomic mass is 16.7. The molecule has 2 heterocycles. The van der Waals surface area contributed by atoms with Crippen molar-refractivity contribution in [1.82, 2.24) is 15.2 Å². The molecule has 1 aliphatic heterocycles. The van der Waals surface area contributed by atoms with Crippen LogP contribution in [-0.4, -0.2) is 34.6 Å². The number of esters is 1. The first kappa shape index (κ1) is 14.2. The summed E-state index contributed by atoms with van der Waals surface area (Å²) in [5, 5.41) is 11.1. The van der Waals surface area contributed by atoms with Crippen LogP contribution < -0.4 is 14.8 Å². The highest BCUT2D eigenvalue weighted by molar-refractivity contribution is 5.71. The molecule has 2 N–H and O–H groups in total. The second-order valence-electron chi connectivity index (χ2n) is 4.62. The summed E-state index contributed by atoms with van der Waals surface area (Å²) in [5.74, 6) is 2.25. The molecule has 8 heteroatoms. The molecule has 0 atom stereocenters. The lowest BCUT2D eigenvalue weighted by molar-refractivity contribution is -0.142. The third-order valence-corrected chi connectivity index (χ3v) is 3.03. The van der Waals surface area contributed by atoms with Crippen molar-refractivity contribution in [1.29, 1.82) is 0 Å². The molecule has 1 aromatic carbocycles. The van der Waals surface area contributed by atoms with Gasteiger partial charge in [0.1, 0.15) is 18.1 Å². The SMILES string of the molecule is CCOC(=O)Cc1nnc(CNc2ccc3c(c2)OCO3)[nH]1. The highest BCUT2D eigenvalue weighted by Gasteiger charge is 2.13. The molecular formula is C14H16N4O4. The fourth-order valence-electron chi connectivity index (χ4n) is 2.04. The Kier molecular flexibility index (Phi) is 4.08. The number of H-pyrrole nitrogens is 1. The van der Waals surface area contributed by atoms with Gasteiger partial charge in [-0.05, 0) is 19.1 Å². The van der Waals surface area contributed by atoms with E-state index in [0.717, 1.165) is 11.4 Å². The summed E-state index contributed by atoms with van der Waals surface area (Å²) in [6, 6.07) is 5.60. The van der Waals surface area contributed by atoms with Crippen molar-refractivity contribution < 1.29 is 19.0 Å². The van der Waals surface area contributed by atoms with E-state index in [0.29, 0.717) is 30.5 Å². The minimum atomic E-state index is -0.325. The third kappa shape index (κ3) is 3.27. The van der Waals surface area contributed by atoms with Crippen molar-refractivity contribution >= 4 is 11.7 Å². The molecule has 3 rings (SSSR count). The predicted octanol–water partition coefficient (Wildman–Crippen LogP) is 1.25. The Hall–Kier alpha value is -2.77. The van der Waals surface area contributed by atoms with Crippen molar-refractivity contribution in [3.63, 3.8) is 0 Å². The summed E-state index contributed by atoms with van der Waals surface area (Å²) in [7, 11) is 0. The number of nitrogens with zero attached hydrogens (tertiary/aromatic N) is 2. The Morgan fingerprint density at radius 1 is 1.32 bits per heavy atom. The summed E-state index contributed by atoms with van der Waals surface area (Å²) in [6.07, 6.45) is 0.0882. The molecule has 0 radical (unpaired) electrons. The van der Waals surface area contributed by atoms with Gasteiger partial charge in [-0.15, -0.1) is 10.2 Å². The molecular weight excluding hydrogens is 288 g/mol. The highest BCUT2D eigenvalue weighted by Crippen LogP contribution is 2.34. The molecule has 116 valence electrons. The topological polar surface area (TPSA) is 98.4 Å². The number of anilines is 1. The first-order valence-corrected chi connectivity index (χ1v) is 6.94. The van der Waals surface area contributed by atoms with E-state index in [-0.39, 0.29) is 19.2 Å². The number of nitrogens with one attached hydrogen (secondary N) is 2.